The van der Waals surface area contributed by atoms with E-state index in [1.807, 2.05) is 79.4 Å². The maximum Gasteiger partial charge on any atom is 0.243 e. The highest BCUT2D eigenvalue weighted by Crippen LogP contribution is 2.25. The number of nitrogens with one attached hydrogen (secondary N) is 1. The van der Waals surface area contributed by atoms with E-state index in [2.05, 4.69) is 5.32 Å². The summed E-state index contributed by atoms with van der Waals surface area (Å²) in [7, 11) is -3.80. The molecule has 8 nitrogen and oxygen atoms in total. The number of benzene rings is 3. The van der Waals surface area contributed by atoms with Gasteiger partial charge in [-0.3, -0.25) is 4.79 Å². The van der Waals surface area contributed by atoms with Gasteiger partial charge in [0.2, 0.25) is 15.9 Å². The van der Waals surface area contributed by atoms with Gasteiger partial charge < -0.3 is 21.1 Å². The Morgan fingerprint density at radius 3 is 1.97 bits per heavy atom. The van der Waals surface area contributed by atoms with Crippen molar-refractivity contribution < 1.29 is 18.3 Å². The number of nitrogens with zero attached hydrogens (tertiary/aromatic N) is 2. The first-order valence-electron chi connectivity index (χ1n) is 13.3. The lowest BCUT2D eigenvalue weighted by atomic mass is 10.1. The molecule has 39 heavy (non-hydrogen) atoms. The highest BCUT2D eigenvalue weighted by molar-refractivity contribution is 7.89. The summed E-state index contributed by atoms with van der Waals surface area (Å²) in [5, 5.41) is 13.1. The maximum absolute atomic E-state index is 13.4. The quantitative estimate of drug-likeness (QED) is 0.190. The fourth-order valence-corrected chi connectivity index (χ4v) is 6.19. The minimum absolute atomic E-state index is 0.0825. The number of aliphatic hydroxyl groups excluding tert-OH is 1. The predicted octanol–water partition coefficient (Wildman–Crippen LogP) is 4.40. The Bertz CT molecular complexity index is 1210. The van der Waals surface area contributed by atoms with E-state index >= 15 is 0 Å². The van der Waals surface area contributed by atoms with Crippen LogP contribution in [-0.4, -0.2) is 56.0 Å². The molecule has 3 rings (SSSR count). The van der Waals surface area contributed by atoms with Crippen LogP contribution in [0.3, 0.4) is 0 Å². The van der Waals surface area contributed by atoms with Gasteiger partial charge in [0.05, 0.1) is 11.5 Å². The molecule has 0 heterocycles. The van der Waals surface area contributed by atoms with Gasteiger partial charge in [-0.05, 0) is 67.3 Å². The average molecular weight is 553 g/mol. The van der Waals surface area contributed by atoms with Crippen molar-refractivity contribution in [1.82, 2.24) is 9.62 Å². The summed E-state index contributed by atoms with van der Waals surface area (Å²) in [6.07, 6.45) is 1.79. The fraction of sp³-hybridized carbons (Fsp3) is 0.367. The molecule has 1 atom stereocenters. The first-order valence-corrected chi connectivity index (χ1v) is 14.8. The predicted molar refractivity (Wildman–Crippen MR) is 157 cm³/mol. The molecule has 0 bridgehead atoms. The highest BCUT2D eigenvalue weighted by atomic mass is 32.2. The van der Waals surface area contributed by atoms with Crippen molar-refractivity contribution in [2.24, 2.45) is 5.92 Å². The Hall–Kier alpha value is -3.40. The van der Waals surface area contributed by atoms with Crippen molar-refractivity contribution in [2.75, 3.05) is 36.9 Å². The van der Waals surface area contributed by atoms with E-state index in [-0.39, 0.29) is 29.9 Å². The fourth-order valence-electron chi connectivity index (χ4n) is 4.38. The van der Waals surface area contributed by atoms with Gasteiger partial charge in [0.15, 0.2) is 0 Å². The van der Waals surface area contributed by atoms with Gasteiger partial charge in [-0.15, -0.1) is 0 Å². The third-order valence-electron chi connectivity index (χ3n) is 6.37. The number of nitrogen functional groups attached to an aromatic ring is 1. The maximum atomic E-state index is 13.4. The van der Waals surface area contributed by atoms with Crippen molar-refractivity contribution in [2.45, 2.75) is 44.0 Å². The van der Waals surface area contributed by atoms with E-state index in [0.29, 0.717) is 38.0 Å². The van der Waals surface area contributed by atoms with Gasteiger partial charge in [-0.2, -0.15) is 4.31 Å². The Kier molecular flexibility index (Phi) is 11.3. The minimum atomic E-state index is -3.80. The van der Waals surface area contributed by atoms with Crippen LogP contribution in [0.5, 0.6) is 0 Å². The van der Waals surface area contributed by atoms with Gasteiger partial charge in [0.25, 0.3) is 0 Å². The van der Waals surface area contributed by atoms with E-state index in [9.17, 15) is 18.3 Å². The SMILES string of the molecule is CC(C)CN([C@H](CO)CCCCNC(=O)CN(c1ccccc1)c1ccccc1)S(=O)(=O)c1ccc(N)cc1. The normalized spacial score (nSPS) is 12.4. The minimum Gasteiger partial charge on any atom is -0.399 e. The number of unbranched alkanes of at least 4 members (excludes halogenated alkanes) is 1. The van der Waals surface area contributed by atoms with E-state index in [4.69, 9.17) is 5.73 Å². The van der Waals surface area contributed by atoms with Gasteiger partial charge in [-0.25, -0.2) is 8.42 Å². The number of carbonyl (C=O) groups excluding carboxylic acids is 1. The number of rotatable bonds is 15. The molecule has 0 aromatic heterocycles. The second-order valence-corrected chi connectivity index (χ2v) is 11.9. The van der Waals surface area contributed by atoms with Crippen LogP contribution in [0.2, 0.25) is 0 Å². The van der Waals surface area contributed by atoms with Gasteiger partial charge >= 0.3 is 0 Å². The van der Waals surface area contributed by atoms with Crippen molar-refractivity contribution in [3.05, 3.63) is 84.9 Å². The largest absolute Gasteiger partial charge is 0.399 e. The van der Waals surface area contributed by atoms with E-state index < -0.39 is 16.1 Å². The number of hydrogen-bond donors (Lipinski definition) is 3. The van der Waals surface area contributed by atoms with Crippen LogP contribution in [0.25, 0.3) is 0 Å². The molecule has 0 unspecified atom stereocenters. The van der Waals surface area contributed by atoms with Crippen molar-refractivity contribution in [3.8, 4) is 0 Å². The van der Waals surface area contributed by atoms with Crippen molar-refractivity contribution in [1.29, 1.82) is 0 Å². The van der Waals surface area contributed by atoms with Gasteiger partial charge in [0.1, 0.15) is 6.54 Å². The number of nitrogens with two attached hydrogens (primary N) is 1. The molecule has 0 aliphatic heterocycles. The molecule has 1 amide bonds. The molecule has 0 saturated heterocycles. The van der Waals surface area contributed by atoms with Crippen molar-refractivity contribution in [3.63, 3.8) is 0 Å². The molecule has 4 N–H and O–H groups in total. The number of aliphatic hydroxyl groups is 1. The summed E-state index contributed by atoms with van der Waals surface area (Å²) in [6.45, 7) is 4.55. The number of amides is 1. The molecule has 9 heteroatoms. The lowest BCUT2D eigenvalue weighted by Crippen LogP contribution is -2.44. The number of carbonyl (C=O) groups is 1. The third kappa shape index (κ3) is 8.81. The molecule has 0 aliphatic carbocycles. The molecule has 0 saturated carbocycles. The highest BCUT2D eigenvalue weighted by Gasteiger charge is 2.31. The second-order valence-electron chi connectivity index (χ2n) is 9.98. The number of anilines is 3. The zero-order chi connectivity index (χ0) is 28.3. The first kappa shape index (κ1) is 30.1. The Morgan fingerprint density at radius 2 is 1.46 bits per heavy atom. The van der Waals surface area contributed by atoms with E-state index in [1.165, 1.54) is 16.4 Å². The topological polar surface area (TPSA) is 116 Å². The molecule has 0 radical (unpaired) electrons. The molecule has 3 aromatic carbocycles. The van der Waals surface area contributed by atoms with Crippen LogP contribution in [0.1, 0.15) is 33.1 Å². The lowest BCUT2D eigenvalue weighted by molar-refractivity contribution is -0.119. The number of para-hydroxylation sites is 2. The Morgan fingerprint density at radius 1 is 0.897 bits per heavy atom. The molecule has 3 aromatic rings. The Balaban J connectivity index is 1.56. The van der Waals surface area contributed by atoms with Crippen molar-refractivity contribution >= 4 is 33.0 Å². The van der Waals surface area contributed by atoms with Crippen LogP contribution in [-0.2, 0) is 14.8 Å². The van der Waals surface area contributed by atoms with Crippen LogP contribution >= 0.6 is 0 Å². The molecule has 0 spiro atoms. The smallest absolute Gasteiger partial charge is 0.243 e. The molecule has 0 fully saturated rings. The summed E-state index contributed by atoms with van der Waals surface area (Å²) in [4.78, 5) is 14.9. The molecular formula is C30H40N4O4S. The second kappa shape index (κ2) is 14.7. The summed E-state index contributed by atoms with van der Waals surface area (Å²) < 4.78 is 28.2. The van der Waals surface area contributed by atoms with E-state index in [1.54, 1.807) is 12.1 Å². The van der Waals surface area contributed by atoms with Gasteiger partial charge in [0, 0.05) is 36.2 Å². The summed E-state index contributed by atoms with van der Waals surface area (Å²) in [5.74, 6) is -0.0205. The zero-order valence-corrected chi connectivity index (χ0v) is 23.6. The summed E-state index contributed by atoms with van der Waals surface area (Å²) in [5.41, 5.74) is 8.08. The molecule has 210 valence electrons. The van der Waals surface area contributed by atoms with Crippen LogP contribution < -0.4 is 16.0 Å². The third-order valence-corrected chi connectivity index (χ3v) is 8.31. The van der Waals surface area contributed by atoms with Gasteiger partial charge in [-0.1, -0.05) is 56.7 Å². The molecule has 0 aliphatic rings. The number of hydrogen-bond acceptors (Lipinski definition) is 6. The monoisotopic (exact) mass is 552 g/mol. The van der Waals surface area contributed by atoms with E-state index in [0.717, 1.165) is 11.4 Å². The number of sulfonamides is 1. The van der Waals surface area contributed by atoms with Crippen LogP contribution in [0.15, 0.2) is 89.8 Å². The standard InChI is InChI=1S/C30H40N4O4S/c1-24(2)21-34(39(37,38)29-18-16-25(31)17-19-29)28(23-35)15-9-10-20-32-30(36)22-33(26-11-5-3-6-12-26)27-13-7-4-8-14-27/h3-8,11-14,16-19,24,28,35H,9-10,15,20-23,31H2,1-2H3,(H,32,36)/t28-/m0/s1. The summed E-state index contributed by atoms with van der Waals surface area (Å²) >= 11 is 0. The lowest BCUT2D eigenvalue weighted by Gasteiger charge is -2.31. The first-order chi connectivity index (χ1) is 18.7. The zero-order valence-electron chi connectivity index (χ0n) is 22.7. The Labute approximate surface area is 232 Å². The average Bonchev–Trinajstić information content (AvgIpc) is 2.93. The van der Waals surface area contributed by atoms with Crippen LogP contribution in [0, 0.1) is 5.92 Å². The molecular weight excluding hydrogens is 512 g/mol. The van der Waals surface area contributed by atoms with Crippen LogP contribution in [0.4, 0.5) is 17.1 Å². The summed E-state index contributed by atoms with van der Waals surface area (Å²) in [6, 6.07) is 25.1.